The molecule has 1 heterocycles. The highest BCUT2D eigenvalue weighted by molar-refractivity contribution is 8.77. The monoisotopic (exact) mass is 546 g/mol. The van der Waals surface area contributed by atoms with E-state index in [1.807, 2.05) is 21.6 Å². The molecule has 0 radical (unpaired) electrons. The van der Waals surface area contributed by atoms with Gasteiger partial charge in [0.05, 0.1) is 44.6 Å². The number of non-ortho nitro benzene ring substituents is 1. The number of rotatable bonds is 19. The average Bonchev–Trinajstić information content (AvgIpc) is 3.38. The van der Waals surface area contributed by atoms with Gasteiger partial charge in [0.15, 0.2) is 0 Å². The van der Waals surface area contributed by atoms with E-state index in [9.17, 15) is 19.7 Å². The number of amides is 1. The van der Waals surface area contributed by atoms with E-state index in [4.69, 9.17) is 23.7 Å². The van der Waals surface area contributed by atoms with Gasteiger partial charge in [-0.2, -0.15) is 0 Å². The number of ether oxygens (including phenoxy) is 5. The first-order chi connectivity index (χ1) is 17.5. The maximum absolute atomic E-state index is 11.8. The molecule has 1 saturated heterocycles. The van der Waals surface area contributed by atoms with Gasteiger partial charge >= 0.3 is 6.16 Å². The second-order valence-corrected chi connectivity index (χ2v) is 10.5. The molecule has 1 N–H and O–H groups in total. The zero-order valence-corrected chi connectivity index (χ0v) is 21.9. The molecule has 36 heavy (non-hydrogen) atoms. The van der Waals surface area contributed by atoms with Gasteiger partial charge in [0.2, 0.25) is 5.91 Å². The smallest absolute Gasteiger partial charge is 0.432 e. The van der Waals surface area contributed by atoms with Gasteiger partial charge in [0.1, 0.15) is 12.4 Å². The zero-order chi connectivity index (χ0) is 25.8. The Labute approximate surface area is 218 Å². The summed E-state index contributed by atoms with van der Waals surface area (Å²) >= 11 is 0. The lowest BCUT2D eigenvalue weighted by molar-refractivity contribution is -0.384. The van der Waals surface area contributed by atoms with Crippen molar-refractivity contribution in [3.63, 3.8) is 0 Å². The zero-order valence-electron chi connectivity index (χ0n) is 20.2. The van der Waals surface area contributed by atoms with E-state index in [0.717, 1.165) is 18.1 Å². The first-order valence-corrected chi connectivity index (χ1v) is 14.3. The Bertz CT molecular complexity index is 777. The summed E-state index contributed by atoms with van der Waals surface area (Å²) in [5.41, 5.74) is -0.101. The molecular formula is C23H34N2O9S2. The second kappa shape index (κ2) is 19.1. The van der Waals surface area contributed by atoms with Crippen LogP contribution in [0.15, 0.2) is 24.3 Å². The van der Waals surface area contributed by atoms with Gasteiger partial charge in [0.25, 0.3) is 5.69 Å². The minimum Gasteiger partial charge on any atom is -0.432 e. The van der Waals surface area contributed by atoms with Crippen LogP contribution in [0.25, 0.3) is 0 Å². The Kier molecular flexibility index (Phi) is 16.0. The van der Waals surface area contributed by atoms with Crippen LogP contribution in [-0.4, -0.2) is 80.8 Å². The summed E-state index contributed by atoms with van der Waals surface area (Å²) in [4.78, 5) is 33.4. The minimum absolute atomic E-state index is 0.000601. The van der Waals surface area contributed by atoms with Crippen molar-refractivity contribution in [3.8, 4) is 5.75 Å². The molecule has 1 atom stereocenters. The first kappa shape index (κ1) is 30.2. The number of nitrogens with zero attached hydrogens (tertiary/aromatic N) is 1. The number of hydrogen-bond donors (Lipinski definition) is 1. The predicted octanol–water partition coefficient (Wildman–Crippen LogP) is 3.99. The number of nitro groups is 1. The van der Waals surface area contributed by atoms with Gasteiger partial charge in [0, 0.05) is 36.1 Å². The summed E-state index contributed by atoms with van der Waals surface area (Å²) in [7, 11) is 3.93. The lowest BCUT2D eigenvalue weighted by atomic mass is 10.1. The van der Waals surface area contributed by atoms with Crippen molar-refractivity contribution in [1.29, 1.82) is 0 Å². The third-order valence-electron chi connectivity index (χ3n) is 4.92. The summed E-state index contributed by atoms with van der Waals surface area (Å²) < 4.78 is 25.9. The lowest BCUT2D eigenvalue weighted by Gasteiger charge is -2.09. The highest BCUT2D eigenvalue weighted by atomic mass is 33.1. The fraction of sp³-hybridized carbons (Fsp3) is 0.652. The summed E-state index contributed by atoms with van der Waals surface area (Å²) in [5.74, 6) is 1.47. The summed E-state index contributed by atoms with van der Waals surface area (Å²) in [5, 5.41) is 14.2. The molecule has 0 saturated carbocycles. The Balaban J connectivity index is 1.30. The molecule has 0 aliphatic carbocycles. The summed E-state index contributed by atoms with van der Waals surface area (Å²) in [6, 6.07) is 5.08. The number of nitrogens with one attached hydrogen (secondary N) is 1. The van der Waals surface area contributed by atoms with Crippen molar-refractivity contribution in [2.45, 2.75) is 37.4 Å². The minimum atomic E-state index is -0.921. The Hall–Kier alpha value is -2.06. The van der Waals surface area contributed by atoms with Crippen LogP contribution in [0, 0.1) is 10.1 Å². The van der Waals surface area contributed by atoms with Gasteiger partial charge in [-0.1, -0.05) is 28.0 Å². The maximum Gasteiger partial charge on any atom is 0.513 e. The number of carbonyl (C=O) groups is 2. The molecule has 1 unspecified atom stereocenters. The topological polar surface area (TPSA) is 135 Å². The van der Waals surface area contributed by atoms with Gasteiger partial charge in [-0.25, -0.2) is 4.79 Å². The predicted molar refractivity (Wildman–Crippen MR) is 137 cm³/mol. The molecule has 0 aromatic heterocycles. The molecule has 13 heteroatoms. The molecular weight excluding hydrogens is 512 g/mol. The second-order valence-electron chi connectivity index (χ2n) is 7.71. The van der Waals surface area contributed by atoms with Crippen molar-refractivity contribution in [3.05, 3.63) is 34.4 Å². The SMILES string of the molecule is O=C(CCCCC1CCSS1)NCCOCCOCCOCCOC(=O)Oc1ccc([N+](=O)[O-])cc1. The van der Waals surface area contributed by atoms with E-state index in [2.05, 4.69) is 5.32 Å². The summed E-state index contributed by atoms with van der Waals surface area (Å²) in [6.45, 7) is 2.63. The standard InChI is InChI=1S/C23H34N2O9S2/c26-22(4-2-1-3-21-9-18-35-36-21)24-10-11-30-12-13-31-14-15-32-16-17-33-23(27)34-20-7-5-19(6-8-20)25(28)29/h5-8,21H,1-4,9-18H2,(H,24,26). The Morgan fingerprint density at radius 2 is 1.64 bits per heavy atom. The van der Waals surface area contributed by atoms with Crippen LogP contribution >= 0.6 is 21.6 Å². The van der Waals surface area contributed by atoms with Crippen LogP contribution in [0.4, 0.5) is 10.5 Å². The van der Waals surface area contributed by atoms with Crippen LogP contribution < -0.4 is 10.1 Å². The van der Waals surface area contributed by atoms with Gasteiger partial charge in [-0.3, -0.25) is 14.9 Å². The van der Waals surface area contributed by atoms with Crippen molar-refractivity contribution in [1.82, 2.24) is 5.32 Å². The van der Waals surface area contributed by atoms with E-state index in [1.54, 1.807) is 0 Å². The number of nitro benzene ring substituents is 1. The molecule has 0 bridgehead atoms. The van der Waals surface area contributed by atoms with E-state index in [1.165, 1.54) is 42.9 Å². The molecule has 1 amide bonds. The van der Waals surface area contributed by atoms with E-state index < -0.39 is 11.1 Å². The number of benzene rings is 1. The largest absolute Gasteiger partial charge is 0.513 e. The van der Waals surface area contributed by atoms with Crippen LogP contribution in [0.2, 0.25) is 0 Å². The average molecular weight is 547 g/mol. The quantitative estimate of drug-likeness (QED) is 0.0673. The molecule has 11 nitrogen and oxygen atoms in total. The van der Waals surface area contributed by atoms with E-state index in [0.29, 0.717) is 46.0 Å². The molecule has 1 fully saturated rings. The van der Waals surface area contributed by atoms with Gasteiger partial charge in [-0.05, 0) is 31.4 Å². The number of carbonyl (C=O) groups excluding carboxylic acids is 2. The fourth-order valence-electron chi connectivity index (χ4n) is 3.06. The summed E-state index contributed by atoms with van der Waals surface area (Å²) in [6.07, 6.45) is 4.18. The van der Waals surface area contributed by atoms with Crippen molar-refractivity contribution in [2.75, 3.05) is 58.5 Å². The van der Waals surface area contributed by atoms with E-state index in [-0.39, 0.29) is 30.6 Å². The highest BCUT2D eigenvalue weighted by Gasteiger charge is 2.15. The molecule has 1 aromatic rings. The van der Waals surface area contributed by atoms with Crippen LogP contribution in [-0.2, 0) is 23.7 Å². The lowest BCUT2D eigenvalue weighted by Crippen LogP contribution is -2.27. The van der Waals surface area contributed by atoms with Crippen molar-refractivity contribution >= 4 is 39.3 Å². The molecule has 2 rings (SSSR count). The number of unbranched alkanes of at least 4 members (excludes halogenated alkanes) is 1. The highest BCUT2D eigenvalue weighted by Crippen LogP contribution is 2.39. The van der Waals surface area contributed by atoms with Gasteiger partial charge < -0.3 is 29.0 Å². The molecule has 1 aromatic carbocycles. The normalized spacial score (nSPS) is 14.9. The Morgan fingerprint density at radius 1 is 0.972 bits per heavy atom. The molecule has 202 valence electrons. The molecule has 1 aliphatic rings. The molecule has 1 aliphatic heterocycles. The fourth-order valence-corrected chi connectivity index (χ4v) is 6.09. The van der Waals surface area contributed by atoms with Crippen LogP contribution in [0.3, 0.4) is 0 Å². The third kappa shape index (κ3) is 14.5. The van der Waals surface area contributed by atoms with Crippen LogP contribution in [0.1, 0.15) is 32.1 Å². The van der Waals surface area contributed by atoms with Gasteiger partial charge in [-0.15, -0.1) is 0 Å². The third-order valence-corrected chi connectivity index (χ3v) is 7.92. The van der Waals surface area contributed by atoms with Crippen molar-refractivity contribution < 1.29 is 38.2 Å². The maximum atomic E-state index is 11.8. The first-order valence-electron chi connectivity index (χ1n) is 11.9. The number of hydrogen-bond acceptors (Lipinski definition) is 11. The van der Waals surface area contributed by atoms with E-state index >= 15 is 0 Å². The Morgan fingerprint density at radius 3 is 2.28 bits per heavy atom. The molecule has 0 spiro atoms. The van der Waals surface area contributed by atoms with Crippen molar-refractivity contribution in [2.24, 2.45) is 0 Å². The van der Waals surface area contributed by atoms with Crippen LogP contribution in [0.5, 0.6) is 5.75 Å².